The van der Waals surface area contributed by atoms with Gasteiger partial charge in [-0.1, -0.05) is 18.2 Å². The van der Waals surface area contributed by atoms with Crippen molar-refractivity contribution >= 4 is 11.6 Å². The fourth-order valence-corrected chi connectivity index (χ4v) is 2.93. The van der Waals surface area contributed by atoms with Gasteiger partial charge in [0.2, 0.25) is 5.91 Å². The summed E-state index contributed by atoms with van der Waals surface area (Å²) in [6.07, 6.45) is 0.301. The Kier molecular flexibility index (Phi) is 5.85. The maximum Gasteiger partial charge on any atom is 0.230 e. The van der Waals surface area contributed by atoms with E-state index in [0.29, 0.717) is 6.42 Å². The van der Waals surface area contributed by atoms with E-state index in [1.165, 1.54) is 5.56 Å². The number of amides is 1. The van der Waals surface area contributed by atoms with Gasteiger partial charge in [0.15, 0.2) is 0 Å². The number of rotatable bonds is 6. The van der Waals surface area contributed by atoms with Gasteiger partial charge in [-0.05, 0) is 61.2 Å². The highest BCUT2D eigenvalue weighted by molar-refractivity contribution is 5.93. The molecule has 138 valence electrons. The van der Waals surface area contributed by atoms with Crippen LogP contribution in [0.1, 0.15) is 16.7 Å². The number of methoxy groups -OCH3 is 1. The van der Waals surface area contributed by atoms with Crippen LogP contribution < -0.4 is 32.0 Å². The second-order valence-corrected chi connectivity index (χ2v) is 6.47. The van der Waals surface area contributed by atoms with Crippen molar-refractivity contribution in [2.24, 2.45) is 5.92 Å². The molecule has 1 aliphatic rings. The number of carbonyl (C=O) groups excluding carboxylic acids is 1. The summed E-state index contributed by atoms with van der Waals surface area (Å²) >= 11 is 0. The lowest BCUT2D eigenvalue weighted by molar-refractivity contribution is -0.120. The van der Waals surface area contributed by atoms with Crippen LogP contribution in [0.3, 0.4) is 0 Å². The SMILES string of the molecule is COc1cccc(CC(C(=O)Nc2ccc(C)c(C)c2)C2NNNN2)c1. The highest BCUT2D eigenvalue weighted by Crippen LogP contribution is 2.20. The molecule has 26 heavy (non-hydrogen) atoms. The van der Waals surface area contributed by atoms with Crippen molar-refractivity contribution in [3.63, 3.8) is 0 Å². The summed E-state index contributed by atoms with van der Waals surface area (Å²) in [6, 6.07) is 13.7. The second-order valence-electron chi connectivity index (χ2n) is 6.47. The van der Waals surface area contributed by atoms with Crippen molar-refractivity contribution in [3.05, 3.63) is 59.2 Å². The molecule has 0 bridgehead atoms. The predicted molar refractivity (Wildman–Crippen MR) is 101 cm³/mol. The molecular weight excluding hydrogens is 330 g/mol. The Bertz CT molecular complexity index is 774. The Morgan fingerprint density at radius 3 is 2.58 bits per heavy atom. The Morgan fingerprint density at radius 2 is 1.88 bits per heavy atom. The summed E-state index contributed by atoms with van der Waals surface area (Å²) < 4.78 is 5.29. The van der Waals surface area contributed by atoms with Gasteiger partial charge < -0.3 is 10.1 Å². The summed E-state index contributed by atoms with van der Waals surface area (Å²) in [5.41, 5.74) is 15.8. The number of carbonyl (C=O) groups is 1. The van der Waals surface area contributed by atoms with E-state index in [1.54, 1.807) is 7.11 Å². The first kappa shape index (κ1) is 18.3. The lowest BCUT2D eigenvalue weighted by Gasteiger charge is -2.22. The predicted octanol–water partition coefficient (Wildman–Crippen LogP) is 1.55. The summed E-state index contributed by atoms with van der Waals surface area (Å²) in [6.45, 7) is 4.09. The smallest absolute Gasteiger partial charge is 0.230 e. The number of benzene rings is 2. The van der Waals surface area contributed by atoms with Crippen molar-refractivity contribution in [2.45, 2.75) is 26.4 Å². The minimum Gasteiger partial charge on any atom is -0.497 e. The molecule has 2 aromatic rings. The standard InChI is InChI=1S/C19H25N5O2/c1-12-7-8-15(9-13(12)2)20-19(25)17(18-21-23-24-22-18)11-14-5-4-6-16(10-14)26-3/h4-10,17-18,21-24H,11H2,1-3H3,(H,20,25). The third kappa shape index (κ3) is 4.39. The summed E-state index contributed by atoms with van der Waals surface area (Å²) in [7, 11) is 1.64. The van der Waals surface area contributed by atoms with Crippen LogP contribution in [0, 0.1) is 19.8 Å². The molecule has 1 atom stereocenters. The van der Waals surface area contributed by atoms with Crippen LogP contribution in [0.4, 0.5) is 5.69 Å². The molecule has 0 saturated carbocycles. The molecule has 7 heteroatoms. The minimum atomic E-state index is -0.341. The molecule has 0 radical (unpaired) electrons. The lowest BCUT2D eigenvalue weighted by atomic mass is 9.95. The molecule has 0 aliphatic carbocycles. The van der Waals surface area contributed by atoms with Crippen LogP contribution in [0.15, 0.2) is 42.5 Å². The highest BCUT2D eigenvalue weighted by atomic mass is 16.5. The molecule has 0 aromatic heterocycles. The monoisotopic (exact) mass is 355 g/mol. The van der Waals surface area contributed by atoms with Gasteiger partial charge in [-0.2, -0.15) is 11.1 Å². The summed E-state index contributed by atoms with van der Waals surface area (Å²) in [4.78, 5) is 13.0. The zero-order valence-corrected chi connectivity index (χ0v) is 15.2. The van der Waals surface area contributed by atoms with Gasteiger partial charge in [0.1, 0.15) is 5.75 Å². The molecule has 1 heterocycles. The number of aryl methyl sites for hydroxylation is 2. The van der Waals surface area contributed by atoms with E-state index >= 15 is 0 Å². The van der Waals surface area contributed by atoms with Gasteiger partial charge in [0.05, 0.1) is 19.2 Å². The number of anilines is 1. The fraction of sp³-hybridized carbons (Fsp3) is 0.316. The van der Waals surface area contributed by atoms with E-state index in [1.807, 2.05) is 49.4 Å². The van der Waals surface area contributed by atoms with E-state index in [2.05, 4.69) is 34.2 Å². The molecule has 5 N–H and O–H groups in total. The number of hydrogen-bond donors (Lipinski definition) is 5. The van der Waals surface area contributed by atoms with E-state index in [4.69, 9.17) is 4.74 Å². The molecule has 1 saturated heterocycles. The van der Waals surface area contributed by atoms with E-state index in [0.717, 1.165) is 22.6 Å². The van der Waals surface area contributed by atoms with Crippen molar-refractivity contribution in [1.82, 2.24) is 21.9 Å². The molecule has 7 nitrogen and oxygen atoms in total. The van der Waals surface area contributed by atoms with Crippen molar-refractivity contribution in [1.29, 1.82) is 0 Å². The topological polar surface area (TPSA) is 86.5 Å². The Balaban J connectivity index is 1.78. The number of nitrogens with one attached hydrogen (secondary N) is 5. The van der Waals surface area contributed by atoms with Gasteiger partial charge in [-0.3, -0.25) is 4.79 Å². The Labute approximate surface area is 153 Å². The maximum absolute atomic E-state index is 13.0. The quantitative estimate of drug-likeness (QED) is 0.541. The maximum atomic E-state index is 13.0. The van der Waals surface area contributed by atoms with Crippen LogP contribution in [0.5, 0.6) is 5.75 Å². The van der Waals surface area contributed by atoms with Crippen LogP contribution in [0.2, 0.25) is 0 Å². The Morgan fingerprint density at radius 1 is 1.12 bits per heavy atom. The number of hydrogen-bond acceptors (Lipinski definition) is 6. The summed E-state index contributed by atoms with van der Waals surface area (Å²) in [5, 5.41) is 3.03. The number of ether oxygens (including phenoxy) is 1. The number of hydrazine groups is 3. The Hall–Kier alpha value is -2.45. The molecule has 0 spiro atoms. The van der Waals surface area contributed by atoms with Gasteiger partial charge in [0, 0.05) is 5.69 Å². The molecule has 3 rings (SSSR count). The van der Waals surface area contributed by atoms with Crippen LogP contribution in [-0.2, 0) is 11.2 Å². The highest BCUT2D eigenvalue weighted by Gasteiger charge is 2.31. The molecule has 1 unspecified atom stereocenters. The van der Waals surface area contributed by atoms with Crippen LogP contribution in [0.25, 0.3) is 0 Å². The summed E-state index contributed by atoms with van der Waals surface area (Å²) in [5.74, 6) is 0.372. The van der Waals surface area contributed by atoms with Gasteiger partial charge in [-0.15, -0.1) is 0 Å². The third-order valence-corrected chi connectivity index (χ3v) is 4.62. The van der Waals surface area contributed by atoms with E-state index < -0.39 is 0 Å². The van der Waals surface area contributed by atoms with E-state index in [-0.39, 0.29) is 18.0 Å². The van der Waals surface area contributed by atoms with Crippen molar-refractivity contribution in [2.75, 3.05) is 12.4 Å². The van der Waals surface area contributed by atoms with Gasteiger partial charge >= 0.3 is 0 Å². The van der Waals surface area contributed by atoms with Crippen LogP contribution in [-0.4, -0.2) is 19.2 Å². The average Bonchev–Trinajstić information content (AvgIpc) is 3.17. The van der Waals surface area contributed by atoms with Gasteiger partial charge in [-0.25, -0.2) is 10.9 Å². The second kappa shape index (κ2) is 8.29. The minimum absolute atomic E-state index is 0.0634. The first-order valence-corrected chi connectivity index (χ1v) is 8.59. The molecule has 1 aliphatic heterocycles. The molecule has 1 fully saturated rings. The molecule has 1 amide bonds. The first-order valence-electron chi connectivity index (χ1n) is 8.59. The lowest BCUT2D eigenvalue weighted by Crippen LogP contribution is -2.47. The third-order valence-electron chi connectivity index (χ3n) is 4.62. The van der Waals surface area contributed by atoms with Crippen LogP contribution >= 0.6 is 0 Å². The van der Waals surface area contributed by atoms with Crippen molar-refractivity contribution in [3.8, 4) is 5.75 Å². The first-order chi connectivity index (χ1) is 12.6. The average molecular weight is 355 g/mol. The molecule has 2 aromatic carbocycles. The zero-order chi connectivity index (χ0) is 18.5. The van der Waals surface area contributed by atoms with E-state index in [9.17, 15) is 4.79 Å². The molecular formula is C19H25N5O2. The fourth-order valence-electron chi connectivity index (χ4n) is 2.93. The van der Waals surface area contributed by atoms with Gasteiger partial charge in [0.25, 0.3) is 0 Å². The largest absolute Gasteiger partial charge is 0.497 e. The zero-order valence-electron chi connectivity index (χ0n) is 15.2. The normalized spacial score (nSPS) is 15.7. The van der Waals surface area contributed by atoms with Crippen molar-refractivity contribution < 1.29 is 9.53 Å².